The van der Waals surface area contributed by atoms with E-state index in [0.29, 0.717) is 12.3 Å². The molecule has 1 saturated heterocycles. The van der Waals surface area contributed by atoms with Gasteiger partial charge >= 0.3 is 0 Å². The number of benzene rings is 1. The van der Waals surface area contributed by atoms with Gasteiger partial charge < -0.3 is 10.2 Å². The van der Waals surface area contributed by atoms with Crippen LogP contribution in [0.1, 0.15) is 12.0 Å². The molecule has 1 aromatic carbocycles. The third-order valence-electron chi connectivity index (χ3n) is 3.20. The smallest absolute Gasteiger partial charge is 0.0614 e. The first kappa shape index (κ1) is 11.6. The van der Waals surface area contributed by atoms with Gasteiger partial charge in [0.2, 0.25) is 0 Å². The highest BCUT2D eigenvalue weighted by atomic mass is 16.3. The van der Waals surface area contributed by atoms with Crippen molar-refractivity contribution in [3.63, 3.8) is 0 Å². The molecule has 1 aromatic rings. The standard InChI is InChI=1S/C13H19NO2/c15-7-6-13(16)12-9-14(10-12)8-11-4-2-1-3-5-11/h1-5,12-13,15-16H,6-10H2/t13-/m1/s1. The first-order valence-corrected chi connectivity index (χ1v) is 5.85. The maximum absolute atomic E-state index is 9.67. The van der Waals surface area contributed by atoms with E-state index in [4.69, 9.17) is 5.11 Å². The molecule has 2 N–H and O–H groups in total. The summed E-state index contributed by atoms with van der Waals surface area (Å²) in [7, 11) is 0. The van der Waals surface area contributed by atoms with Gasteiger partial charge in [0.25, 0.3) is 0 Å². The lowest BCUT2D eigenvalue weighted by Crippen LogP contribution is -2.51. The summed E-state index contributed by atoms with van der Waals surface area (Å²) in [6.07, 6.45) is 0.168. The molecule has 0 aromatic heterocycles. The summed E-state index contributed by atoms with van der Waals surface area (Å²) in [5, 5.41) is 18.4. The first-order valence-electron chi connectivity index (χ1n) is 5.85. The zero-order valence-electron chi connectivity index (χ0n) is 9.42. The van der Waals surface area contributed by atoms with Gasteiger partial charge in [-0.3, -0.25) is 4.90 Å². The highest BCUT2D eigenvalue weighted by molar-refractivity contribution is 5.14. The van der Waals surface area contributed by atoms with Crippen molar-refractivity contribution in [2.45, 2.75) is 19.1 Å². The Morgan fingerprint density at radius 2 is 1.94 bits per heavy atom. The normalized spacial score (nSPS) is 19.4. The summed E-state index contributed by atoms with van der Waals surface area (Å²) in [6.45, 7) is 2.92. The largest absolute Gasteiger partial charge is 0.396 e. The quantitative estimate of drug-likeness (QED) is 0.775. The van der Waals surface area contributed by atoms with Crippen molar-refractivity contribution in [3.8, 4) is 0 Å². The molecular formula is C13H19NO2. The number of hydrogen-bond acceptors (Lipinski definition) is 3. The van der Waals surface area contributed by atoms with Crippen LogP contribution in [0.2, 0.25) is 0 Å². The van der Waals surface area contributed by atoms with Crippen LogP contribution in [0.25, 0.3) is 0 Å². The highest BCUT2D eigenvalue weighted by Gasteiger charge is 2.31. The molecule has 0 amide bonds. The maximum atomic E-state index is 9.67. The zero-order chi connectivity index (χ0) is 11.4. The third kappa shape index (κ3) is 2.82. The lowest BCUT2D eigenvalue weighted by molar-refractivity contribution is -0.0182. The van der Waals surface area contributed by atoms with Crippen molar-refractivity contribution in [2.24, 2.45) is 5.92 Å². The van der Waals surface area contributed by atoms with Crippen LogP contribution >= 0.6 is 0 Å². The minimum atomic E-state index is -0.336. The Balaban J connectivity index is 1.73. The zero-order valence-corrected chi connectivity index (χ0v) is 9.42. The Kier molecular flexibility index (Phi) is 3.93. The SMILES string of the molecule is OCC[C@@H](O)C1CN(Cc2ccccc2)C1. The maximum Gasteiger partial charge on any atom is 0.0614 e. The van der Waals surface area contributed by atoms with Crippen molar-refractivity contribution in [2.75, 3.05) is 19.7 Å². The molecule has 2 rings (SSSR count). The fourth-order valence-corrected chi connectivity index (χ4v) is 2.19. The van der Waals surface area contributed by atoms with Gasteiger partial charge in [-0.15, -0.1) is 0 Å². The van der Waals surface area contributed by atoms with Crippen LogP contribution in [-0.4, -0.2) is 40.9 Å². The summed E-state index contributed by atoms with van der Waals surface area (Å²) in [5.74, 6) is 0.343. The van der Waals surface area contributed by atoms with E-state index in [-0.39, 0.29) is 12.7 Å². The number of aliphatic hydroxyl groups excluding tert-OH is 2. The van der Waals surface area contributed by atoms with Gasteiger partial charge in [0.15, 0.2) is 0 Å². The fourth-order valence-electron chi connectivity index (χ4n) is 2.19. The lowest BCUT2D eigenvalue weighted by atomic mass is 9.91. The molecular weight excluding hydrogens is 202 g/mol. The van der Waals surface area contributed by atoms with Gasteiger partial charge in [0.1, 0.15) is 0 Å². The van der Waals surface area contributed by atoms with E-state index >= 15 is 0 Å². The molecule has 88 valence electrons. The van der Waals surface area contributed by atoms with E-state index in [1.54, 1.807) is 0 Å². The van der Waals surface area contributed by atoms with Crippen molar-refractivity contribution >= 4 is 0 Å². The molecule has 3 nitrogen and oxygen atoms in total. The van der Waals surface area contributed by atoms with Crippen LogP contribution in [-0.2, 0) is 6.54 Å². The predicted octanol–water partition coefficient (Wildman–Crippen LogP) is 0.862. The molecule has 1 heterocycles. The minimum absolute atomic E-state index is 0.0797. The molecule has 1 aliphatic rings. The second-order valence-electron chi connectivity index (χ2n) is 4.52. The Bertz CT molecular complexity index is 309. The van der Waals surface area contributed by atoms with Gasteiger partial charge in [-0.1, -0.05) is 30.3 Å². The van der Waals surface area contributed by atoms with E-state index in [1.165, 1.54) is 5.56 Å². The molecule has 16 heavy (non-hydrogen) atoms. The van der Waals surface area contributed by atoms with Crippen LogP contribution in [0.3, 0.4) is 0 Å². The van der Waals surface area contributed by atoms with E-state index in [2.05, 4.69) is 17.0 Å². The average Bonchev–Trinajstić information content (AvgIpc) is 2.24. The predicted molar refractivity (Wildman–Crippen MR) is 62.9 cm³/mol. The Morgan fingerprint density at radius 1 is 1.25 bits per heavy atom. The number of rotatable bonds is 5. The van der Waals surface area contributed by atoms with E-state index in [0.717, 1.165) is 19.6 Å². The van der Waals surface area contributed by atoms with Gasteiger partial charge in [0, 0.05) is 32.2 Å². The number of aliphatic hydroxyl groups is 2. The van der Waals surface area contributed by atoms with Gasteiger partial charge in [0.05, 0.1) is 6.10 Å². The molecule has 0 radical (unpaired) electrons. The molecule has 0 spiro atoms. The Labute approximate surface area is 96.3 Å². The van der Waals surface area contributed by atoms with Crippen molar-refractivity contribution in [3.05, 3.63) is 35.9 Å². The number of nitrogens with zero attached hydrogens (tertiary/aromatic N) is 1. The average molecular weight is 221 g/mol. The first-order chi connectivity index (χ1) is 7.79. The van der Waals surface area contributed by atoms with E-state index < -0.39 is 0 Å². The van der Waals surface area contributed by atoms with Crippen molar-refractivity contribution < 1.29 is 10.2 Å². The van der Waals surface area contributed by atoms with Gasteiger partial charge in [-0.25, -0.2) is 0 Å². The van der Waals surface area contributed by atoms with E-state index in [9.17, 15) is 5.11 Å². The molecule has 1 atom stereocenters. The van der Waals surface area contributed by atoms with Crippen LogP contribution in [0.5, 0.6) is 0 Å². The summed E-state index contributed by atoms with van der Waals surface area (Å²) in [4.78, 5) is 2.32. The van der Waals surface area contributed by atoms with Crippen LogP contribution < -0.4 is 0 Å². The number of hydrogen-bond donors (Lipinski definition) is 2. The van der Waals surface area contributed by atoms with Crippen LogP contribution in [0.15, 0.2) is 30.3 Å². The molecule has 0 unspecified atom stereocenters. The molecule has 0 aliphatic carbocycles. The van der Waals surface area contributed by atoms with Gasteiger partial charge in [-0.05, 0) is 12.0 Å². The summed E-state index contributed by atoms with van der Waals surface area (Å²) >= 11 is 0. The van der Waals surface area contributed by atoms with Crippen LogP contribution in [0, 0.1) is 5.92 Å². The Morgan fingerprint density at radius 3 is 2.56 bits per heavy atom. The summed E-state index contributed by atoms with van der Waals surface area (Å²) < 4.78 is 0. The second kappa shape index (κ2) is 5.43. The fraction of sp³-hybridized carbons (Fsp3) is 0.538. The molecule has 1 fully saturated rings. The van der Waals surface area contributed by atoms with Crippen molar-refractivity contribution in [1.82, 2.24) is 4.90 Å². The highest BCUT2D eigenvalue weighted by Crippen LogP contribution is 2.22. The minimum Gasteiger partial charge on any atom is -0.396 e. The molecule has 1 aliphatic heterocycles. The second-order valence-corrected chi connectivity index (χ2v) is 4.52. The summed E-state index contributed by atoms with van der Waals surface area (Å²) in [5.41, 5.74) is 1.32. The third-order valence-corrected chi connectivity index (χ3v) is 3.20. The molecule has 0 bridgehead atoms. The Hall–Kier alpha value is -0.900. The lowest BCUT2D eigenvalue weighted by Gasteiger charge is -2.41. The monoisotopic (exact) mass is 221 g/mol. The summed E-state index contributed by atoms with van der Waals surface area (Å²) in [6, 6.07) is 10.4. The topological polar surface area (TPSA) is 43.7 Å². The van der Waals surface area contributed by atoms with Crippen molar-refractivity contribution in [1.29, 1.82) is 0 Å². The molecule has 0 saturated carbocycles. The number of likely N-dealkylation sites (tertiary alicyclic amines) is 1. The van der Waals surface area contributed by atoms with Gasteiger partial charge in [-0.2, -0.15) is 0 Å². The van der Waals surface area contributed by atoms with Crippen LogP contribution in [0.4, 0.5) is 0 Å². The van der Waals surface area contributed by atoms with E-state index in [1.807, 2.05) is 18.2 Å². The molecule has 3 heteroatoms.